The number of aromatic nitrogens is 1. The Balaban J connectivity index is 1.70. The van der Waals surface area contributed by atoms with E-state index in [1.807, 2.05) is 4.90 Å². The van der Waals surface area contributed by atoms with Crippen molar-refractivity contribution < 1.29 is 4.79 Å². The summed E-state index contributed by atoms with van der Waals surface area (Å²) >= 11 is 0. The van der Waals surface area contributed by atoms with E-state index in [0.717, 1.165) is 45.6 Å². The van der Waals surface area contributed by atoms with E-state index in [9.17, 15) is 9.59 Å². The number of rotatable bonds is 1. The number of amides is 1. The van der Waals surface area contributed by atoms with Crippen LogP contribution >= 0.6 is 0 Å². The van der Waals surface area contributed by atoms with Crippen LogP contribution in [0.2, 0.25) is 0 Å². The molecule has 0 atom stereocenters. The number of nitrogens with zero attached hydrogens (tertiary/aromatic N) is 4. The van der Waals surface area contributed by atoms with Crippen molar-refractivity contribution in [3.8, 4) is 0 Å². The summed E-state index contributed by atoms with van der Waals surface area (Å²) in [6.45, 7) is 4.90. The summed E-state index contributed by atoms with van der Waals surface area (Å²) in [6, 6.07) is 3.10. The Bertz CT molecular complexity index is 661. The molecule has 3 rings (SSSR count). The smallest absolute Gasteiger partial charge is 0.255 e. The third-order valence-corrected chi connectivity index (χ3v) is 5.72. The normalized spacial score (nSPS) is 22.5. The van der Waals surface area contributed by atoms with Gasteiger partial charge in [0.1, 0.15) is 0 Å². The number of carbonyl (C=O) groups is 1. The minimum absolute atomic E-state index is 0.0325. The third kappa shape index (κ3) is 3.26. The van der Waals surface area contributed by atoms with Gasteiger partial charge in [0.2, 0.25) is 5.56 Å². The third-order valence-electron chi connectivity index (χ3n) is 5.72. The van der Waals surface area contributed by atoms with E-state index >= 15 is 0 Å². The molecule has 0 aromatic carbocycles. The van der Waals surface area contributed by atoms with Crippen molar-refractivity contribution in [3.63, 3.8) is 0 Å². The van der Waals surface area contributed by atoms with Crippen LogP contribution in [0.5, 0.6) is 0 Å². The van der Waals surface area contributed by atoms with E-state index < -0.39 is 0 Å². The molecule has 2 aliphatic heterocycles. The first-order chi connectivity index (χ1) is 11.4. The fraction of sp³-hybridized carbons (Fsp3) is 0.667. The lowest BCUT2D eigenvalue weighted by Gasteiger charge is -2.47. The molecule has 2 aliphatic rings. The van der Waals surface area contributed by atoms with E-state index in [2.05, 4.69) is 23.9 Å². The second-order valence-electron chi connectivity index (χ2n) is 7.40. The highest BCUT2D eigenvalue weighted by Crippen LogP contribution is 2.31. The van der Waals surface area contributed by atoms with E-state index in [-0.39, 0.29) is 17.0 Å². The van der Waals surface area contributed by atoms with Crippen molar-refractivity contribution >= 4 is 5.91 Å². The van der Waals surface area contributed by atoms with Crippen LogP contribution in [0.25, 0.3) is 0 Å². The number of aryl methyl sites for hydroxylation is 1. The fourth-order valence-corrected chi connectivity index (χ4v) is 4.09. The molecule has 0 aliphatic carbocycles. The van der Waals surface area contributed by atoms with Crippen LogP contribution in [-0.4, -0.2) is 77.5 Å². The van der Waals surface area contributed by atoms with E-state index in [4.69, 9.17) is 0 Å². The van der Waals surface area contributed by atoms with Gasteiger partial charge < -0.3 is 14.4 Å². The standard InChI is InChI=1S/C18H28N4O2/c1-19-9-4-10-21(3)18(14-19)7-11-22(12-8-18)17(24)15-5-6-16(23)20(2)13-15/h5-6,13H,4,7-12,14H2,1-3H3. The maximum Gasteiger partial charge on any atom is 0.255 e. The van der Waals surface area contributed by atoms with Gasteiger partial charge in [-0.3, -0.25) is 14.5 Å². The molecule has 0 saturated carbocycles. The Kier molecular flexibility index (Phi) is 4.78. The molecule has 6 heteroatoms. The summed E-state index contributed by atoms with van der Waals surface area (Å²) in [5, 5.41) is 0. The topological polar surface area (TPSA) is 48.8 Å². The van der Waals surface area contributed by atoms with Gasteiger partial charge in [-0.05, 0) is 52.5 Å². The number of piperidine rings is 1. The van der Waals surface area contributed by atoms with Crippen molar-refractivity contribution in [1.82, 2.24) is 19.3 Å². The predicted molar refractivity (Wildman–Crippen MR) is 94.3 cm³/mol. The zero-order valence-corrected chi connectivity index (χ0v) is 15.0. The largest absolute Gasteiger partial charge is 0.338 e. The molecule has 1 aromatic heterocycles. The molecule has 1 spiro atoms. The number of pyridine rings is 1. The van der Waals surface area contributed by atoms with Crippen molar-refractivity contribution in [2.75, 3.05) is 46.8 Å². The van der Waals surface area contributed by atoms with Gasteiger partial charge in [0, 0.05) is 44.5 Å². The minimum atomic E-state index is -0.0905. The van der Waals surface area contributed by atoms with Crippen LogP contribution < -0.4 is 5.56 Å². The zero-order chi connectivity index (χ0) is 17.3. The van der Waals surface area contributed by atoms with Gasteiger partial charge in [-0.15, -0.1) is 0 Å². The molecule has 2 saturated heterocycles. The second kappa shape index (κ2) is 6.69. The van der Waals surface area contributed by atoms with Crippen LogP contribution in [0.1, 0.15) is 29.6 Å². The number of likely N-dealkylation sites (tertiary alicyclic amines) is 1. The quantitative estimate of drug-likeness (QED) is 0.757. The van der Waals surface area contributed by atoms with Crippen molar-refractivity contribution in [1.29, 1.82) is 0 Å². The molecule has 2 fully saturated rings. The first kappa shape index (κ1) is 17.2. The summed E-state index contributed by atoms with van der Waals surface area (Å²) in [6.07, 6.45) is 4.85. The molecule has 1 aromatic rings. The van der Waals surface area contributed by atoms with Gasteiger partial charge in [-0.2, -0.15) is 0 Å². The monoisotopic (exact) mass is 332 g/mol. The minimum Gasteiger partial charge on any atom is -0.338 e. The first-order valence-electron chi connectivity index (χ1n) is 8.77. The van der Waals surface area contributed by atoms with Crippen molar-refractivity contribution in [2.24, 2.45) is 7.05 Å². The molecule has 6 nitrogen and oxygen atoms in total. The summed E-state index contributed by atoms with van der Waals surface area (Å²) < 4.78 is 1.46. The van der Waals surface area contributed by atoms with Crippen LogP contribution in [0.3, 0.4) is 0 Å². The van der Waals surface area contributed by atoms with Crippen LogP contribution in [-0.2, 0) is 7.05 Å². The van der Waals surface area contributed by atoms with Gasteiger partial charge in [0.15, 0.2) is 0 Å². The lowest BCUT2D eigenvalue weighted by Crippen LogP contribution is -2.58. The Morgan fingerprint density at radius 2 is 1.75 bits per heavy atom. The SMILES string of the molecule is CN1CCCN(C)C2(CCN(C(=O)c3ccc(=O)n(C)c3)CC2)C1. The van der Waals surface area contributed by atoms with Crippen molar-refractivity contribution in [2.45, 2.75) is 24.8 Å². The average Bonchev–Trinajstić information content (AvgIpc) is 2.69. The van der Waals surface area contributed by atoms with Gasteiger partial charge >= 0.3 is 0 Å². The van der Waals surface area contributed by atoms with E-state index in [1.54, 1.807) is 19.3 Å². The highest BCUT2D eigenvalue weighted by atomic mass is 16.2. The Morgan fingerprint density at radius 1 is 1.04 bits per heavy atom. The molecule has 0 unspecified atom stereocenters. The fourth-order valence-electron chi connectivity index (χ4n) is 4.09. The Morgan fingerprint density at radius 3 is 2.42 bits per heavy atom. The molecular weight excluding hydrogens is 304 g/mol. The summed E-state index contributed by atoms with van der Waals surface area (Å²) in [5.41, 5.74) is 0.692. The molecule has 0 N–H and O–H groups in total. The number of hydrogen-bond acceptors (Lipinski definition) is 4. The highest BCUT2D eigenvalue weighted by molar-refractivity contribution is 5.94. The average molecular weight is 332 g/mol. The van der Waals surface area contributed by atoms with Gasteiger partial charge in [-0.25, -0.2) is 0 Å². The van der Waals surface area contributed by atoms with Gasteiger partial charge in [-0.1, -0.05) is 0 Å². The summed E-state index contributed by atoms with van der Waals surface area (Å²) in [7, 11) is 6.10. The molecule has 1 amide bonds. The number of carbonyl (C=O) groups excluding carboxylic acids is 1. The number of likely N-dealkylation sites (N-methyl/N-ethyl adjacent to an activating group) is 2. The Labute approximate surface area is 143 Å². The summed E-state index contributed by atoms with van der Waals surface area (Å²) in [4.78, 5) is 31.1. The molecule has 3 heterocycles. The molecule has 132 valence electrons. The van der Waals surface area contributed by atoms with Crippen LogP contribution in [0, 0.1) is 0 Å². The van der Waals surface area contributed by atoms with Gasteiger partial charge in [0.25, 0.3) is 5.91 Å². The maximum atomic E-state index is 12.7. The predicted octanol–water partition coefficient (Wildman–Crippen LogP) is 0.627. The zero-order valence-electron chi connectivity index (χ0n) is 15.0. The highest BCUT2D eigenvalue weighted by Gasteiger charge is 2.41. The van der Waals surface area contributed by atoms with Crippen molar-refractivity contribution in [3.05, 3.63) is 34.2 Å². The second-order valence-corrected chi connectivity index (χ2v) is 7.40. The van der Waals surface area contributed by atoms with Gasteiger partial charge in [0.05, 0.1) is 5.56 Å². The van der Waals surface area contributed by atoms with E-state index in [0.29, 0.717) is 5.56 Å². The first-order valence-corrected chi connectivity index (χ1v) is 8.77. The van der Waals surface area contributed by atoms with Crippen LogP contribution in [0.4, 0.5) is 0 Å². The molecule has 0 bridgehead atoms. The molecule has 24 heavy (non-hydrogen) atoms. The molecule has 0 radical (unpaired) electrons. The summed E-state index contributed by atoms with van der Waals surface area (Å²) in [5.74, 6) is 0.0325. The Hall–Kier alpha value is -1.66. The maximum absolute atomic E-state index is 12.7. The lowest BCUT2D eigenvalue weighted by atomic mass is 9.85. The lowest BCUT2D eigenvalue weighted by molar-refractivity contribution is 0.0281. The molecular formula is C18H28N4O2. The van der Waals surface area contributed by atoms with Crippen LogP contribution in [0.15, 0.2) is 23.1 Å². The van der Waals surface area contributed by atoms with E-state index in [1.165, 1.54) is 17.1 Å². The number of hydrogen-bond donors (Lipinski definition) is 0.